The molecule has 5 aliphatic rings. The van der Waals surface area contributed by atoms with Crippen LogP contribution in [0.5, 0.6) is 5.75 Å². The summed E-state index contributed by atoms with van der Waals surface area (Å²) in [5.41, 5.74) is 15.0. The molecule has 5 fully saturated rings. The number of anilines is 3. The quantitative estimate of drug-likeness (QED) is 0.0754. The number of amides is 3. The van der Waals surface area contributed by atoms with Gasteiger partial charge in [0, 0.05) is 114 Å². The van der Waals surface area contributed by atoms with Crippen molar-refractivity contribution in [3.63, 3.8) is 0 Å². The smallest absolute Gasteiger partial charge is 0.246 e. The number of hydrogen-bond acceptors (Lipinski definition) is 17. The zero-order valence-corrected chi connectivity index (χ0v) is 46.6. The third-order valence-electron chi connectivity index (χ3n) is 16.4. The first-order valence-electron chi connectivity index (χ1n) is 27.8. The summed E-state index contributed by atoms with van der Waals surface area (Å²) in [6.07, 6.45) is 5.37. The standard InChI is InChI=1S/C58H77N13O6S/c1-37(39-12-14-40(15-13-39)53-38(2)61-36-78-53)62-56(75)50-28-45(72)32-70(50)57(76)54(58(3,4)5)63-52(74)35-77-46-33-68(34-46)26-25-67-23-21-66(22-24-67)20-8-9-41-27-42(18-19-60-41)71-43-16-17-44(71)31-69(30-43)49-29-48(64-65-55(49)59)47-10-6-7-11-51(47)73/h6-7,10-15,18-19,27,29,36-37,43-46,50,54,72-73H,8-9,16-17,20-26,28,30-35H2,1-5H3,(H2,59,65)(H,62,75)(H,63,74)/t37?,43?,44?,45-,50+,54?/m1/s1. The van der Waals surface area contributed by atoms with Gasteiger partial charge in [0.1, 0.15) is 24.4 Å². The topological polar surface area (TPSA) is 222 Å². The van der Waals surface area contributed by atoms with E-state index in [1.54, 1.807) is 23.5 Å². The first-order valence-corrected chi connectivity index (χ1v) is 28.7. The van der Waals surface area contributed by atoms with E-state index in [-0.39, 0.29) is 49.3 Å². The van der Waals surface area contributed by atoms with Crippen molar-refractivity contribution in [2.45, 2.75) is 109 Å². The number of pyridine rings is 1. The van der Waals surface area contributed by atoms with Crippen molar-refractivity contribution in [3.8, 4) is 27.4 Å². The van der Waals surface area contributed by atoms with E-state index in [1.165, 1.54) is 10.6 Å². The number of carbonyl (C=O) groups excluding carboxylic acids is 3. The fourth-order valence-electron chi connectivity index (χ4n) is 12.0. The van der Waals surface area contributed by atoms with Crippen LogP contribution < -0.4 is 26.2 Å². The van der Waals surface area contributed by atoms with Crippen LogP contribution in [-0.2, 0) is 25.5 Å². The number of carbonyl (C=O) groups is 3. The van der Waals surface area contributed by atoms with E-state index in [4.69, 9.17) is 15.5 Å². The number of likely N-dealkylation sites (tertiary alicyclic amines) is 2. The molecule has 6 atom stereocenters. The van der Waals surface area contributed by atoms with Gasteiger partial charge >= 0.3 is 0 Å². The van der Waals surface area contributed by atoms with Crippen LogP contribution in [0.3, 0.4) is 0 Å². The zero-order chi connectivity index (χ0) is 54.7. The Morgan fingerprint density at radius 3 is 2.26 bits per heavy atom. The van der Waals surface area contributed by atoms with Crippen LogP contribution in [0.2, 0.25) is 0 Å². The van der Waals surface area contributed by atoms with Crippen molar-refractivity contribution in [2.24, 2.45) is 5.41 Å². The minimum absolute atomic E-state index is 0.00735. The summed E-state index contributed by atoms with van der Waals surface area (Å²) in [6.45, 7) is 19.6. The molecule has 5 saturated heterocycles. The molecule has 3 amide bonds. The second-order valence-corrected chi connectivity index (χ2v) is 23.9. The molecule has 416 valence electrons. The Bertz CT molecular complexity index is 2870. The van der Waals surface area contributed by atoms with Crippen LogP contribution in [0.1, 0.15) is 76.4 Å². The zero-order valence-electron chi connectivity index (χ0n) is 45.8. The highest BCUT2D eigenvalue weighted by molar-refractivity contribution is 7.13. The van der Waals surface area contributed by atoms with Crippen molar-refractivity contribution < 1.29 is 29.3 Å². The molecule has 0 radical (unpaired) electrons. The molecular weight excluding hydrogens is 1010 g/mol. The number of para-hydroxylation sites is 1. The van der Waals surface area contributed by atoms with Gasteiger partial charge in [0.05, 0.1) is 45.7 Å². The lowest BCUT2D eigenvalue weighted by Gasteiger charge is -2.43. The molecular formula is C58H77N13O6S. The first-order chi connectivity index (χ1) is 37.5. The molecule has 2 aromatic carbocycles. The van der Waals surface area contributed by atoms with Crippen LogP contribution >= 0.6 is 11.3 Å². The third-order valence-corrected chi connectivity index (χ3v) is 17.4. The predicted octanol–water partition coefficient (Wildman–Crippen LogP) is 4.74. The molecule has 10 rings (SSSR count). The van der Waals surface area contributed by atoms with Gasteiger partial charge in [0.25, 0.3) is 0 Å². The van der Waals surface area contributed by atoms with Crippen LogP contribution in [-0.4, -0.2) is 189 Å². The SMILES string of the molecule is Cc1ncsc1-c1ccc(C(C)NC(=O)[C@@H]2C[C@@H](O)CN2C(=O)C(NC(=O)COC2CN(CCN3CCN(CCCc4cc(N5C6CCC5CN(c5cc(-c7ccccc7O)nnc5N)C6)ccn4)CC3)C2)C(C)(C)C)cc1. The average molecular weight is 1080 g/mol. The summed E-state index contributed by atoms with van der Waals surface area (Å²) in [7, 11) is 0. The van der Waals surface area contributed by atoms with Crippen LogP contribution in [0.4, 0.5) is 17.2 Å². The van der Waals surface area contributed by atoms with Gasteiger partial charge in [-0.2, -0.15) is 0 Å². The Labute approximate surface area is 462 Å². The number of aromatic hydroxyl groups is 1. The number of aromatic nitrogens is 4. The van der Waals surface area contributed by atoms with Gasteiger partial charge in [-0.15, -0.1) is 21.5 Å². The number of ether oxygens (including phenoxy) is 1. The molecule has 5 aliphatic heterocycles. The molecule has 3 aromatic heterocycles. The van der Waals surface area contributed by atoms with Crippen LogP contribution in [0, 0.1) is 12.3 Å². The maximum Gasteiger partial charge on any atom is 0.246 e. The van der Waals surface area contributed by atoms with Gasteiger partial charge < -0.3 is 50.9 Å². The van der Waals surface area contributed by atoms with Crippen LogP contribution in [0.15, 0.2) is 78.4 Å². The number of benzene rings is 2. The van der Waals surface area contributed by atoms with Crippen molar-refractivity contribution in [1.29, 1.82) is 0 Å². The number of fused-ring (bicyclic) bond motifs is 2. The second-order valence-electron chi connectivity index (χ2n) is 23.1. The highest BCUT2D eigenvalue weighted by Gasteiger charge is 2.45. The van der Waals surface area contributed by atoms with E-state index < -0.39 is 29.5 Å². The predicted molar refractivity (Wildman–Crippen MR) is 303 cm³/mol. The van der Waals surface area contributed by atoms with E-state index in [0.717, 1.165) is 131 Å². The third kappa shape index (κ3) is 12.7. The summed E-state index contributed by atoms with van der Waals surface area (Å²) in [6, 6.07) is 20.1. The van der Waals surface area contributed by atoms with Gasteiger partial charge in [-0.05, 0) is 92.9 Å². The fraction of sp³-hybridized carbons (Fsp3) is 0.534. The molecule has 0 saturated carbocycles. The number of thiazole rings is 1. The molecule has 2 bridgehead atoms. The monoisotopic (exact) mass is 1080 g/mol. The summed E-state index contributed by atoms with van der Waals surface area (Å²) in [5, 5.41) is 35.7. The summed E-state index contributed by atoms with van der Waals surface area (Å²) in [4.78, 5) is 65.3. The van der Waals surface area contributed by atoms with Crippen LogP contribution in [0.25, 0.3) is 21.7 Å². The number of aliphatic hydroxyl groups is 1. The Kier molecular flexibility index (Phi) is 16.9. The van der Waals surface area contributed by atoms with E-state index in [9.17, 15) is 24.6 Å². The van der Waals surface area contributed by atoms with Gasteiger partial charge in [0.2, 0.25) is 17.7 Å². The fourth-order valence-corrected chi connectivity index (χ4v) is 12.8. The highest BCUT2D eigenvalue weighted by Crippen LogP contribution is 2.39. The highest BCUT2D eigenvalue weighted by atomic mass is 32.1. The lowest BCUT2D eigenvalue weighted by molar-refractivity contribution is -0.146. The molecule has 78 heavy (non-hydrogen) atoms. The average Bonchev–Trinajstić information content (AvgIpc) is 4.18. The number of nitrogens with zero attached hydrogens (tertiary/aromatic N) is 10. The minimum atomic E-state index is -0.927. The van der Waals surface area contributed by atoms with E-state index >= 15 is 0 Å². The lowest BCUT2D eigenvalue weighted by atomic mass is 9.85. The molecule has 0 aliphatic carbocycles. The number of hydrogen-bond donors (Lipinski definition) is 5. The summed E-state index contributed by atoms with van der Waals surface area (Å²) < 4.78 is 6.02. The number of β-amino-alcohol motifs (C(OH)–C–C–N with tert-alkyl or cyclic N) is 1. The number of rotatable bonds is 19. The number of phenols is 1. The number of aliphatic hydroxyl groups excluding tert-OH is 1. The number of piperazine rings is 2. The maximum atomic E-state index is 14.2. The molecule has 8 heterocycles. The van der Waals surface area contributed by atoms with E-state index in [0.29, 0.717) is 29.2 Å². The van der Waals surface area contributed by atoms with Gasteiger partial charge in [-0.1, -0.05) is 57.2 Å². The molecule has 6 N–H and O–H groups in total. The number of nitrogen functional groups attached to an aromatic ring is 1. The molecule has 4 unspecified atom stereocenters. The molecule has 20 heteroatoms. The number of nitrogens with one attached hydrogen (secondary N) is 2. The summed E-state index contributed by atoms with van der Waals surface area (Å²) in [5.74, 6) is -0.560. The van der Waals surface area contributed by atoms with Crippen molar-refractivity contribution in [3.05, 3.63) is 95.4 Å². The van der Waals surface area contributed by atoms with Gasteiger partial charge in [0.15, 0.2) is 5.82 Å². The van der Waals surface area contributed by atoms with E-state index in [2.05, 4.69) is 62.4 Å². The number of phenolic OH excluding ortho intramolecular Hbond substituents is 1. The van der Waals surface area contributed by atoms with Crippen molar-refractivity contribution in [1.82, 2.24) is 50.4 Å². The Morgan fingerprint density at radius 2 is 1.56 bits per heavy atom. The van der Waals surface area contributed by atoms with Crippen molar-refractivity contribution >= 4 is 46.3 Å². The largest absolute Gasteiger partial charge is 0.507 e. The molecule has 0 spiro atoms. The van der Waals surface area contributed by atoms with Gasteiger partial charge in [-0.25, -0.2) is 4.98 Å². The Balaban J connectivity index is 0.611. The number of nitrogens with two attached hydrogens (primary N) is 1. The van der Waals surface area contributed by atoms with Crippen molar-refractivity contribution in [2.75, 3.05) is 101 Å². The number of aryl methyl sites for hydroxylation is 2. The van der Waals surface area contributed by atoms with Gasteiger partial charge in [-0.3, -0.25) is 29.2 Å². The maximum absolute atomic E-state index is 14.2. The Morgan fingerprint density at radius 1 is 0.859 bits per heavy atom. The Hall–Kier alpha value is -6.29. The second kappa shape index (κ2) is 24.0. The minimum Gasteiger partial charge on any atom is -0.507 e. The normalized spacial score (nSPS) is 22.1. The first kappa shape index (κ1) is 55.0. The molecule has 5 aromatic rings. The molecule has 19 nitrogen and oxygen atoms in total. The van der Waals surface area contributed by atoms with E-state index in [1.807, 2.05) is 88.8 Å². The lowest BCUT2D eigenvalue weighted by Crippen LogP contribution is -2.59. The summed E-state index contributed by atoms with van der Waals surface area (Å²) >= 11 is 1.59.